The smallest absolute Gasteiger partial charge is 0.303 e. The molecule has 0 aromatic rings. The summed E-state index contributed by atoms with van der Waals surface area (Å²) in [5.41, 5.74) is 0. The van der Waals surface area contributed by atoms with E-state index < -0.39 is 5.97 Å². The molecule has 2 heteroatoms. The summed E-state index contributed by atoms with van der Waals surface area (Å²) in [6.45, 7) is 4.47. The number of aliphatic carboxylic acids is 1. The minimum absolute atomic E-state index is 0.378. The van der Waals surface area contributed by atoms with Crippen LogP contribution in [0.3, 0.4) is 0 Å². The second-order valence-electron chi connectivity index (χ2n) is 6.22. The van der Waals surface area contributed by atoms with Gasteiger partial charge in [0.25, 0.3) is 0 Å². The number of rotatable bonds is 15. The topological polar surface area (TPSA) is 37.3 Å². The maximum atomic E-state index is 10.9. The fraction of sp³-hybridized carbons (Fsp3) is 0.944. The van der Waals surface area contributed by atoms with E-state index in [-0.39, 0.29) is 0 Å². The molecule has 0 aliphatic rings. The Hall–Kier alpha value is -0.530. The van der Waals surface area contributed by atoms with Gasteiger partial charge in [0.1, 0.15) is 0 Å². The number of hydrogen-bond acceptors (Lipinski definition) is 1. The lowest BCUT2D eigenvalue weighted by atomic mass is 9.91. The molecule has 1 atom stereocenters. The lowest BCUT2D eigenvalue weighted by Crippen LogP contribution is -2.08. The molecule has 0 bridgehead atoms. The molecular weight excluding hydrogens is 248 g/mol. The zero-order valence-corrected chi connectivity index (χ0v) is 13.8. The van der Waals surface area contributed by atoms with Crippen LogP contribution in [-0.2, 0) is 4.79 Å². The second kappa shape index (κ2) is 14.9. The quantitative estimate of drug-likeness (QED) is 0.364. The largest absolute Gasteiger partial charge is 0.481 e. The third kappa shape index (κ3) is 13.9. The highest BCUT2D eigenvalue weighted by Crippen LogP contribution is 2.22. The molecular formula is C18H36O2. The number of unbranched alkanes of at least 4 members (excludes halogenated alkanes) is 9. The molecule has 20 heavy (non-hydrogen) atoms. The van der Waals surface area contributed by atoms with Crippen molar-refractivity contribution in [2.24, 2.45) is 5.92 Å². The van der Waals surface area contributed by atoms with Crippen LogP contribution in [0.5, 0.6) is 0 Å². The predicted octanol–water partition coefficient (Wildman–Crippen LogP) is 6.19. The van der Waals surface area contributed by atoms with Crippen LogP contribution in [0.25, 0.3) is 0 Å². The van der Waals surface area contributed by atoms with Gasteiger partial charge in [-0.15, -0.1) is 0 Å². The Labute approximate surface area is 126 Å². The zero-order valence-electron chi connectivity index (χ0n) is 13.8. The fourth-order valence-electron chi connectivity index (χ4n) is 2.85. The Morgan fingerprint density at radius 1 is 0.750 bits per heavy atom. The molecule has 0 aromatic carbocycles. The fourth-order valence-corrected chi connectivity index (χ4v) is 2.85. The average molecular weight is 284 g/mol. The minimum atomic E-state index is -0.616. The molecule has 0 spiro atoms. The van der Waals surface area contributed by atoms with Crippen molar-refractivity contribution in [1.29, 1.82) is 0 Å². The van der Waals surface area contributed by atoms with Gasteiger partial charge >= 0.3 is 5.97 Å². The normalized spacial score (nSPS) is 12.5. The highest BCUT2D eigenvalue weighted by Gasteiger charge is 2.12. The summed E-state index contributed by atoms with van der Waals surface area (Å²) >= 11 is 0. The monoisotopic (exact) mass is 284 g/mol. The van der Waals surface area contributed by atoms with Crippen LogP contribution < -0.4 is 0 Å². The molecule has 1 N–H and O–H groups in total. The third-order valence-electron chi connectivity index (χ3n) is 4.15. The van der Waals surface area contributed by atoms with E-state index in [9.17, 15) is 4.79 Å². The van der Waals surface area contributed by atoms with Crippen molar-refractivity contribution in [3.05, 3.63) is 0 Å². The first kappa shape index (κ1) is 19.5. The molecule has 0 aromatic heterocycles. The minimum Gasteiger partial charge on any atom is -0.481 e. The van der Waals surface area contributed by atoms with Crippen molar-refractivity contribution in [2.45, 2.75) is 104 Å². The van der Waals surface area contributed by atoms with Gasteiger partial charge in [-0.1, -0.05) is 84.5 Å². The van der Waals surface area contributed by atoms with Crippen LogP contribution in [0.2, 0.25) is 0 Å². The van der Waals surface area contributed by atoms with Crippen molar-refractivity contribution < 1.29 is 9.90 Å². The van der Waals surface area contributed by atoms with Gasteiger partial charge in [-0.2, -0.15) is 0 Å². The van der Waals surface area contributed by atoms with Crippen molar-refractivity contribution in [2.75, 3.05) is 0 Å². The van der Waals surface area contributed by atoms with E-state index in [1.54, 1.807) is 0 Å². The standard InChI is InChI=1S/C18H36O2/c1-3-5-7-9-11-13-15-17(16-18(19)20)14-12-10-8-6-4-2/h17H,3-16H2,1-2H3,(H,19,20). The van der Waals surface area contributed by atoms with Gasteiger partial charge in [-0.25, -0.2) is 0 Å². The zero-order chi connectivity index (χ0) is 15.1. The molecule has 0 heterocycles. The number of carboxylic acids is 1. The molecule has 120 valence electrons. The Bertz CT molecular complexity index is 213. The Morgan fingerprint density at radius 3 is 1.55 bits per heavy atom. The maximum Gasteiger partial charge on any atom is 0.303 e. The highest BCUT2D eigenvalue weighted by atomic mass is 16.4. The first-order chi connectivity index (χ1) is 9.70. The van der Waals surface area contributed by atoms with E-state index >= 15 is 0 Å². The Kier molecular flexibility index (Phi) is 14.5. The molecule has 1 unspecified atom stereocenters. The van der Waals surface area contributed by atoms with Crippen LogP contribution >= 0.6 is 0 Å². The summed E-state index contributed by atoms with van der Waals surface area (Å²) in [5.74, 6) is -0.199. The van der Waals surface area contributed by atoms with Crippen molar-refractivity contribution >= 4 is 5.97 Å². The average Bonchev–Trinajstić information content (AvgIpc) is 2.41. The van der Waals surface area contributed by atoms with Gasteiger partial charge in [0.15, 0.2) is 0 Å². The number of carboxylic acid groups (broad SMARTS) is 1. The van der Waals surface area contributed by atoms with Crippen LogP contribution in [0, 0.1) is 5.92 Å². The molecule has 0 saturated carbocycles. The van der Waals surface area contributed by atoms with E-state index in [4.69, 9.17) is 5.11 Å². The highest BCUT2D eigenvalue weighted by molar-refractivity contribution is 5.66. The molecule has 0 saturated heterocycles. The molecule has 0 rings (SSSR count). The Balaban J connectivity index is 3.65. The summed E-state index contributed by atoms with van der Waals surface area (Å²) < 4.78 is 0. The van der Waals surface area contributed by atoms with Crippen molar-refractivity contribution in [3.63, 3.8) is 0 Å². The molecule has 0 fully saturated rings. The van der Waals surface area contributed by atoms with Crippen LogP contribution in [0.1, 0.15) is 104 Å². The maximum absolute atomic E-state index is 10.9. The van der Waals surface area contributed by atoms with E-state index in [0.717, 1.165) is 12.8 Å². The third-order valence-corrected chi connectivity index (χ3v) is 4.15. The van der Waals surface area contributed by atoms with Gasteiger partial charge in [0, 0.05) is 6.42 Å². The molecule has 0 radical (unpaired) electrons. The lowest BCUT2D eigenvalue weighted by molar-refractivity contribution is -0.138. The van der Waals surface area contributed by atoms with Crippen LogP contribution in [-0.4, -0.2) is 11.1 Å². The number of carbonyl (C=O) groups is 1. The van der Waals surface area contributed by atoms with Gasteiger partial charge in [0.05, 0.1) is 0 Å². The Morgan fingerprint density at radius 2 is 1.15 bits per heavy atom. The van der Waals surface area contributed by atoms with Gasteiger partial charge in [-0.05, 0) is 18.8 Å². The van der Waals surface area contributed by atoms with E-state index in [1.807, 2.05) is 0 Å². The molecule has 0 aliphatic heterocycles. The molecule has 2 nitrogen and oxygen atoms in total. The van der Waals surface area contributed by atoms with Crippen LogP contribution in [0.15, 0.2) is 0 Å². The summed E-state index contributed by atoms with van der Waals surface area (Å²) in [6, 6.07) is 0. The predicted molar refractivity (Wildman–Crippen MR) is 87.1 cm³/mol. The van der Waals surface area contributed by atoms with Gasteiger partial charge in [0.2, 0.25) is 0 Å². The van der Waals surface area contributed by atoms with Crippen LogP contribution in [0.4, 0.5) is 0 Å². The first-order valence-electron chi connectivity index (χ1n) is 8.92. The molecule has 0 amide bonds. The lowest BCUT2D eigenvalue weighted by Gasteiger charge is -2.14. The second-order valence-corrected chi connectivity index (χ2v) is 6.22. The summed E-state index contributed by atoms with van der Waals surface area (Å²) in [6.07, 6.45) is 16.8. The van der Waals surface area contributed by atoms with E-state index in [2.05, 4.69) is 13.8 Å². The molecule has 0 aliphatic carbocycles. The van der Waals surface area contributed by atoms with Crippen molar-refractivity contribution in [3.8, 4) is 0 Å². The summed E-state index contributed by atoms with van der Waals surface area (Å²) in [4.78, 5) is 10.9. The van der Waals surface area contributed by atoms with Gasteiger partial charge < -0.3 is 5.11 Å². The summed E-state index contributed by atoms with van der Waals surface area (Å²) in [7, 11) is 0. The van der Waals surface area contributed by atoms with E-state index in [0.29, 0.717) is 12.3 Å². The van der Waals surface area contributed by atoms with E-state index in [1.165, 1.54) is 70.6 Å². The summed E-state index contributed by atoms with van der Waals surface area (Å²) in [5, 5.41) is 9.00. The van der Waals surface area contributed by atoms with Crippen molar-refractivity contribution in [1.82, 2.24) is 0 Å². The first-order valence-corrected chi connectivity index (χ1v) is 8.92. The number of hydrogen-bond donors (Lipinski definition) is 1. The van der Waals surface area contributed by atoms with Gasteiger partial charge in [-0.3, -0.25) is 4.79 Å². The SMILES string of the molecule is CCCCCCCCC(CCCCCCC)CC(=O)O.